The van der Waals surface area contributed by atoms with Crippen molar-refractivity contribution in [2.24, 2.45) is 0 Å². The van der Waals surface area contributed by atoms with Gasteiger partial charge in [-0.25, -0.2) is 18.2 Å². The minimum atomic E-state index is -2.86. The fourth-order valence-electron chi connectivity index (χ4n) is 1.88. The van der Waals surface area contributed by atoms with Gasteiger partial charge in [0.1, 0.15) is 15.5 Å². The topological polar surface area (TPSA) is 96.4 Å². The van der Waals surface area contributed by atoms with Crippen molar-refractivity contribution >= 4 is 21.5 Å². The summed E-state index contributed by atoms with van der Waals surface area (Å²) in [6.07, 6.45) is 2.60. The maximum absolute atomic E-state index is 11.3. The average Bonchev–Trinajstić information content (AvgIpc) is 2.33. The van der Waals surface area contributed by atoms with Gasteiger partial charge in [-0.05, 0) is 25.0 Å². The molecule has 1 aromatic heterocycles. The maximum Gasteiger partial charge on any atom is 0.354 e. The normalized spacial score (nSPS) is 19.3. The molecular weight excluding hydrogens is 256 g/mol. The van der Waals surface area contributed by atoms with E-state index in [0.29, 0.717) is 18.5 Å². The lowest BCUT2D eigenvalue weighted by atomic mass is 10.1. The van der Waals surface area contributed by atoms with Crippen molar-refractivity contribution in [3.8, 4) is 0 Å². The van der Waals surface area contributed by atoms with Gasteiger partial charge < -0.3 is 10.4 Å². The highest BCUT2D eigenvalue weighted by Gasteiger charge is 2.23. The molecule has 0 radical (unpaired) electrons. The van der Waals surface area contributed by atoms with Gasteiger partial charge in [-0.15, -0.1) is 0 Å². The van der Waals surface area contributed by atoms with Gasteiger partial charge in [0.15, 0.2) is 0 Å². The van der Waals surface area contributed by atoms with E-state index in [1.165, 1.54) is 12.3 Å². The molecule has 0 aromatic carbocycles. The lowest BCUT2D eigenvalue weighted by Gasteiger charge is -2.23. The highest BCUT2D eigenvalue weighted by molar-refractivity contribution is 7.91. The molecule has 0 atom stereocenters. The minimum absolute atomic E-state index is 0.00762. The molecule has 0 amide bonds. The van der Waals surface area contributed by atoms with E-state index in [4.69, 9.17) is 5.11 Å². The fraction of sp³-hybridized carbons (Fsp3) is 0.455. The molecule has 1 aliphatic heterocycles. The Morgan fingerprint density at radius 3 is 2.50 bits per heavy atom. The SMILES string of the molecule is O=C(O)c1ccc(NC2CCS(=O)(=O)CC2)cn1. The predicted octanol–water partition coefficient (Wildman–Crippen LogP) is 0.769. The monoisotopic (exact) mass is 270 g/mol. The molecular formula is C11H14N2O4S. The summed E-state index contributed by atoms with van der Waals surface area (Å²) < 4.78 is 22.5. The summed E-state index contributed by atoms with van der Waals surface area (Å²) in [6, 6.07) is 3.16. The summed E-state index contributed by atoms with van der Waals surface area (Å²) in [7, 11) is -2.86. The molecule has 6 nitrogen and oxygen atoms in total. The summed E-state index contributed by atoms with van der Waals surface area (Å²) >= 11 is 0. The number of hydrogen-bond acceptors (Lipinski definition) is 5. The third-order valence-corrected chi connectivity index (χ3v) is 4.62. The average molecular weight is 270 g/mol. The molecule has 1 fully saturated rings. The van der Waals surface area contributed by atoms with Crippen LogP contribution >= 0.6 is 0 Å². The van der Waals surface area contributed by atoms with Gasteiger partial charge >= 0.3 is 5.97 Å². The Labute approximate surface area is 105 Å². The number of carboxylic acid groups (broad SMARTS) is 1. The number of carboxylic acids is 1. The Morgan fingerprint density at radius 2 is 2.00 bits per heavy atom. The second kappa shape index (κ2) is 4.93. The van der Waals surface area contributed by atoms with Gasteiger partial charge in [-0.2, -0.15) is 0 Å². The minimum Gasteiger partial charge on any atom is -0.477 e. The van der Waals surface area contributed by atoms with Crippen LogP contribution in [0.1, 0.15) is 23.3 Å². The molecule has 2 N–H and O–H groups in total. The molecule has 18 heavy (non-hydrogen) atoms. The van der Waals surface area contributed by atoms with Crippen molar-refractivity contribution in [3.05, 3.63) is 24.0 Å². The van der Waals surface area contributed by atoms with Gasteiger partial charge in [0.2, 0.25) is 0 Å². The van der Waals surface area contributed by atoms with Crippen LogP contribution in [0.4, 0.5) is 5.69 Å². The second-order valence-corrected chi connectivity index (χ2v) is 6.61. The number of nitrogens with zero attached hydrogens (tertiary/aromatic N) is 1. The lowest BCUT2D eigenvalue weighted by molar-refractivity contribution is 0.0690. The second-order valence-electron chi connectivity index (χ2n) is 4.31. The Balaban J connectivity index is 1.96. The molecule has 7 heteroatoms. The maximum atomic E-state index is 11.3. The van der Waals surface area contributed by atoms with E-state index >= 15 is 0 Å². The zero-order valence-corrected chi connectivity index (χ0v) is 10.5. The molecule has 0 aliphatic carbocycles. The van der Waals surface area contributed by atoms with Crippen molar-refractivity contribution in [2.45, 2.75) is 18.9 Å². The number of anilines is 1. The summed E-state index contributed by atoms with van der Waals surface area (Å²) in [5, 5.41) is 11.9. The van der Waals surface area contributed by atoms with E-state index < -0.39 is 15.8 Å². The Bertz CT molecular complexity index is 525. The summed E-state index contributed by atoms with van der Waals surface area (Å²) in [6.45, 7) is 0. The molecule has 0 unspecified atom stereocenters. The van der Waals surface area contributed by atoms with Gasteiger partial charge in [0, 0.05) is 6.04 Å². The molecule has 2 heterocycles. The van der Waals surface area contributed by atoms with Gasteiger partial charge in [0.05, 0.1) is 23.4 Å². The number of carbonyl (C=O) groups is 1. The molecule has 1 saturated heterocycles. The number of nitrogens with one attached hydrogen (secondary N) is 1. The van der Waals surface area contributed by atoms with Crippen molar-refractivity contribution < 1.29 is 18.3 Å². The van der Waals surface area contributed by atoms with Gasteiger partial charge in [-0.1, -0.05) is 0 Å². The molecule has 98 valence electrons. The van der Waals surface area contributed by atoms with Crippen LogP contribution in [0.25, 0.3) is 0 Å². The highest BCUT2D eigenvalue weighted by atomic mass is 32.2. The summed E-state index contributed by atoms with van der Waals surface area (Å²) in [5.41, 5.74) is 0.705. The van der Waals surface area contributed by atoms with Crippen LogP contribution in [0, 0.1) is 0 Å². The van der Waals surface area contributed by atoms with Crippen LogP contribution < -0.4 is 5.32 Å². The van der Waals surface area contributed by atoms with Crippen LogP contribution in [0.5, 0.6) is 0 Å². The summed E-state index contributed by atoms with van der Waals surface area (Å²) in [4.78, 5) is 14.4. The third-order valence-electron chi connectivity index (χ3n) is 2.91. The lowest BCUT2D eigenvalue weighted by Crippen LogP contribution is -2.32. The number of aromatic carboxylic acids is 1. The number of pyridine rings is 1. The number of aromatic nitrogens is 1. The third kappa shape index (κ3) is 3.19. The molecule has 1 aliphatic rings. The Kier molecular flexibility index (Phi) is 3.51. The van der Waals surface area contributed by atoms with Crippen molar-refractivity contribution in [3.63, 3.8) is 0 Å². The van der Waals surface area contributed by atoms with Gasteiger partial charge in [-0.3, -0.25) is 0 Å². The first-order chi connectivity index (χ1) is 8.46. The zero-order chi connectivity index (χ0) is 13.2. The smallest absolute Gasteiger partial charge is 0.354 e. The van der Waals surface area contributed by atoms with Crippen molar-refractivity contribution in [1.29, 1.82) is 0 Å². The van der Waals surface area contributed by atoms with E-state index in [-0.39, 0.29) is 23.2 Å². The van der Waals surface area contributed by atoms with Crippen molar-refractivity contribution in [2.75, 3.05) is 16.8 Å². The summed E-state index contributed by atoms with van der Waals surface area (Å²) in [5.74, 6) is -0.665. The fourth-order valence-corrected chi connectivity index (χ4v) is 3.37. The molecule has 2 rings (SSSR count). The quantitative estimate of drug-likeness (QED) is 0.842. The van der Waals surface area contributed by atoms with Crippen LogP contribution in [0.15, 0.2) is 18.3 Å². The number of hydrogen-bond donors (Lipinski definition) is 2. The molecule has 0 spiro atoms. The Hall–Kier alpha value is -1.63. The van der Waals surface area contributed by atoms with E-state index in [1.54, 1.807) is 6.07 Å². The molecule has 0 saturated carbocycles. The van der Waals surface area contributed by atoms with Crippen LogP contribution in [-0.2, 0) is 9.84 Å². The Morgan fingerprint density at radius 1 is 1.33 bits per heavy atom. The standard InChI is InChI=1S/C11H14N2O4S/c14-11(15)10-2-1-9(7-12-10)13-8-3-5-18(16,17)6-4-8/h1-2,7-8,13H,3-6H2,(H,14,15). The van der Waals surface area contributed by atoms with Crippen LogP contribution in [-0.4, -0.2) is 42.0 Å². The van der Waals surface area contributed by atoms with Crippen LogP contribution in [0.2, 0.25) is 0 Å². The number of sulfone groups is 1. The first kappa shape index (κ1) is 12.8. The highest BCUT2D eigenvalue weighted by Crippen LogP contribution is 2.17. The number of rotatable bonds is 3. The first-order valence-electron chi connectivity index (χ1n) is 5.62. The van der Waals surface area contributed by atoms with E-state index in [2.05, 4.69) is 10.3 Å². The van der Waals surface area contributed by atoms with E-state index in [0.717, 1.165) is 0 Å². The van der Waals surface area contributed by atoms with Crippen molar-refractivity contribution in [1.82, 2.24) is 4.98 Å². The zero-order valence-electron chi connectivity index (χ0n) is 9.67. The molecule has 0 bridgehead atoms. The largest absolute Gasteiger partial charge is 0.477 e. The predicted molar refractivity (Wildman–Crippen MR) is 66.5 cm³/mol. The molecule has 1 aromatic rings. The van der Waals surface area contributed by atoms with E-state index in [9.17, 15) is 13.2 Å². The van der Waals surface area contributed by atoms with Crippen LogP contribution in [0.3, 0.4) is 0 Å². The van der Waals surface area contributed by atoms with E-state index in [1.807, 2.05) is 0 Å². The van der Waals surface area contributed by atoms with Gasteiger partial charge in [0.25, 0.3) is 0 Å². The first-order valence-corrected chi connectivity index (χ1v) is 7.45.